The third-order valence-electron chi connectivity index (χ3n) is 3.70. The van der Waals surface area contributed by atoms with Crippen LogP contribution in [0.15, 0.2) is 53.3 Å². The second-order valence-electron chi connectivity index (χ2n) is 5.44. The van der Waals surface area contributed by atoms with Crippen molar-refractivity contribution in [3.05, 3.63) is 65.9 Å². The number of nitrogens with zero attached hydrogens (tertiary/aromatic N) is 1. The number of aromatic nitrogens is 2. The van der Waals surface area contributed by atoms with E-state index in [4.69, 9.17) is 4.42 Å². The molecule has 0 saturated carbocycles. The van der Waals surface area contributed by atoms with Crippen LogP contribution in [-0.2, 0) is 0 Å². The number of hydrogen-bond acceptors (Lipinski definition) is 3. The third kappa shape index (κ3) is 3.34. The van der Waals surface area contributed by atoms with Crippen molar-refractivity contribution in [2.45, 2.75) is 26.3 Å². The summed E-state index contributed by atoms with van der Waals surface area (Å²) >= 11 is 0. The topological polar surface area (TPSA) is 70.9 Å². The lowest BCUT2D eigenvalue weighted by molar-refractivity contribution is 0.0934. The van der Waals surface area contributed by atoms with Crippen LogP contribution in [0.2, 0.25) is 0 Å². The van der Waals surface area contributed by atoms with Crippen molar-refractivity contribution >= 4 is 5.91 Å². The fraction of sp³-hybridized carbons (Fsp3) is 0.222. The maximum atomic E-state index is 12.5. The van der Waals surface area contributed by atoms with Gasteiger partial charge in [-0.2, -0.15) is 0 Å². The molecule has 3 aromatic rings. The molecule has 1 amide bonds. The van der Waals surface area contributed by atoms with Crippen molar-refractivity contribution in [1.29, 1.82) is 0 Å². The standard InChI is InChI=1S/C18H19N3O2/c1-3-15(17-19-11-12(2)20-17)21-18(22)14-7-4-6-13(10-14)16-8-5-9-23-16/h4-11,15H,3H2,1-2H3,(H,19,20)(H,21,22)/t15-/m0/s1. The molecule has 5 heteroatoms. The third-order valence-corrected chi connectivity index (χ3v) is 3.70. The molecule has 3 rings (SSSR count). The van der Waals surface area contributed by atoms with E-state index in [1.165, 1.54) is 0 Å². The number of imidazole rings is 1. The molecule has 1 atom stereocenters. The SMILES string of the molecule is CC[C@H](NC(=O)c1cccc(-c2ccco2)c1)c1ncc(C)[nH]1. The second kappa shape index (κ2) is 6.52. The fourth-order valence-electron chi connectivity index (χ4n) is 2.47. The highest BCUT2D eigenvalue weighted by Crippen LogP contribution is 2.21. The van der Waals surface area contributed by atoms with Gasteiger partial charge in [0.15, 0.2) is 0 Å². The Bertz CT molecular complexity index is 790. The lowest BCUT2D eigenvalue weighted by atomic mass is 10.1. The van der Waals surface area contributed by atoms with Gasteiger partial charge in [-0.1, -0.05) is 19.1 Å². The highest BCUT2D eigenvalue weighted by Gasteiger charge is 2.17. The maximum Gasteiger partial charge on any atom is 0.251 e. The molecule has 0 saturated heterocycles. The van der Waals surface area contributed by atoms with Crippen LogP contribution in [0, 0.1) is 6.92 Å². The normalized spacial score (nSPS) is 12.1. The van der Waals surface area contributed by atoms with Crippen LogP contribution in [0.1, 0.15) is 41.3 Å². The van der Waals surface area contributed by atoms with Gasteiger partial charge in [0.1, 0.15) is 11.6 Å². The molecule has 2 N–H and O–H groups in total. The molecular weight excluding hydrogens is 290 g/mol. The largest absolute Gasteiger partial charge is 0.464 e. The lowest BCUT2D eigenvalue weighted by Crippen LogP contribution is -2.28. The van der Waals surface area contributed by atoms with Gasteiger partial charge in [0, 0.05) is 23.0 Å². The molecule has 0 aliphatic rings. The average Bonchev–Trinajstić information content (AvgIpc) is 3.24. The summed E-state index contributed by atoms with van der Waals surface area (Å²) < 4.78 is 5.38. The van der Waals surface area contributed by atoms with Crippen molar-refractivity contribution in [2.24, 2.45) is 0 Å². The zero-order chi connectivity index (χ0) is 16.2. The van der Waals surface area contributed by atoms with Gasteiger partial charge in [-0.3, -0.25) is 4.79 Å². The van der Waals surface area contributed by atoms with E-state index in [1.54, 1.807) is 18.5 Å². The minimum Gasteiger partial charge on any atom is -0.464 e. The van der Waals surface area contributed by atoms with Gasteiger partial charge in [0.25, 0.3) is 5.91 Å². The first-order valence-corrected chi connectivity index (χ1v) is 7.63. The molecular formula is C18H19N3O2. The Kier molecular flexibility index (Phi) is 4.28. The molecule has 5 nitrogen and oxygen atoms in total. The van der Waals surface area contributed by atoms with E-state index in [2.05, 4.69) is 15.3 Å². The van der Waals surface area contributed by atoms with Crippen LogP contribution >= 0.6 is 0 Å². The minimum atomic E-state index is -0.136. The average molecular weight is 309 g/mol. The summed E-state index contributed by atoms with van der Waals surface area (Å²) in [5.74, 6) is 1.40. The highest BCUT2D eigenvalue weighted by molar-refractivity contribution is 5.95. The molecule has 0 aliphatic heterocycles. The number of rotatable bonds is 5. The summed E-state index contributed by atoms with van der Waals surface area (Å²) in [5, 5.41) is 3.02. The number of H-pyrrole nitrogens is 1. The van der Waals surface area contributed by atoms with Crippen molar-refractivity contribution < 1.29 is 9.21 Å². The number of aromatic amines is 1. The summed E-state index contributed by atoms with van der Waals surface area (Å²) in [6.45, 7) is 3.96. The maximum absolute atomic E-state index is 12.5. The van der Waals surface area contributed by atoms with E-state index in [9.17, 15) is 4.79 Å². The van der Waals surface area contributed by atoms with Crippen molar-refractivity contribution in [2.75, 3.05) is 0 Å². The Labute approximate surface area is 134 Å². The van der Waals surface area contributed by atoms with Crippen LogP contribution in [0.5, 0.6) is 0 Å². The van der Waals surface area contributed by atoms with Gasteiger partial charge in [0.2, 0.25) is 0 Å². The van der Waals surface area contributed by atoms with Crippen LogP contribution in [0.3, 0.4) is 0 Å². The number of nitrogens with one attached hydrogen (secondary N) is 2. The number of furan rings is 1. The Morgan fingerprint density at radius 1 is 1.35 bits per heavy atom. The van der Waals surface area contributed by atoms with Crippen molar-refractivity contribution in [1.82, 2.24) is 15.3 Å². The molecule has 0 bridgehead atoms. The predicted octanol–water partition coefficient (Wildman–Crippen LogP) is 3.86. The number of aryl methyl sites for hydroxylation is 1. The lowest BCUT2D eigenvalue weighted by Gasteiger charge is -2.15. The Morgan fingerprint density at radius 3 is 2.87 bits per heavy atom. The van der Waals surface area contributed by atoms with E-state index in [1.807, 2.05) is 44.2 Å². The molecule has 1 aromatic carbocycles. The zero-order valence-corrected chi connectivity index (χ0v) is 13.2. The van der Waals surface area contributed by atoms with Crippen LogP contribution in [0.4, 0.5) is 0 Å². The zero-order valence-electron chi connectivity index (χ0n) is 13.2. The monoisotopic (exact) mass is 309 g/mol. The fourth-order valence-corrected chi connectivity index (χ4v) is 2.47. The van der Waals surface area contributed by atoms with E-state index < -0.39 is 0 Å². The molecule has 23 heavy (non-hydrogen) atoms. The van der Waals surface area contributed by atoms with Crippen LogP contribution in [0.25, 0.3) is 11.3 Å². The van der Waals surface area contributed by atoms with Gasteiger partial charge < -0.3 is 14.7 Å². The second-order valence-corrected chi connectivity index (χ2v) is 5.44. The number of hydrogen-bond donors (Lipinski definition) is 2. The van der Waals surface area contributed by atoms with E-state index in [0.29, 0.717) is 5.56 Å². The molecule has 0 spiro atoms. The van der Waals surface area contributed by atoms with E-state index in [-0.39, 0.29) is 11.9 Å². The Balaban J connectivity index is 1.79. The molecule has 118 valence electrons. The van der Waals surface area contributed by atoms with Gasteiger partial charge >= 0.3 is 0 Å². The summed E-state index contributed by atoms with van der Waals surface area (Å²) in [4.78, 5) is 20.0. The summed E-state index contributed by atoms with van der Waals surface area (Å²) in [6.07, 6.45) is 4.15. The van der Waals surface area contributed by atoms with Crippen molar-refractivity contribution in [3.8, 4) is 11.3 Å². The minimum absolute atomic E-state index is 0.126. The highest BCUT2D eigenvalue weighted by atomic mass is 16.3. The van der Waals surface area contributed by atoms with E-state index in [0.717, 1.165) is 29.3 Å². The van der Waals surface area contributed by atoms with Gasteiger partial charge in [-0.05, 0) is 37.6 Å². The number of carbonyl (C=O) groups is 1. The molecule has 0 unspecified atom stereocenters. The van der Waals surface area contributed by atoms with Gasteiger partial charge in [-0.25, -0.2) is 4.98 Å². The van der Waals surface area contributed by atoms with Gasteiger partial charge in [0.05, 0.1) is 12.3 Å². The van der Waals surface area contributed by atoms with Crippen LogP contribution < -0.4 is 5.32 Å². The first-order valence-electron chi connectivity index (χ1n) is 7.63. The van der Waals surface area contributed by atoms with E-state index >= 15 is 0 Å². The first-order chi connectivity index (χ1) is 11.2. The molecule has 0 radical (unpaired) electrons. The van der Waals surface area contributed by atoms with Crippen LogP contribution in [-0.4, -0.2) is 15.9 Å². The molecule has 0 aliphatic carbocycles. The van der Waals surface area contributed by atoms with Crippen molar-refractivity contribution in [3.63, 3.8) is 0 Å². The molecule has 2 aromatic heterocycles. The first kappa shape index (κ1) is 15.1. The summed E-state index contributed by atoms with van der Waals surface area (Å²) in [6, 6.07) is 11.0. The number of carbonyl (C=O) groups excluding carboxylic acids is 1. The quantitative estimate of drug-likeness (QED) is 0.752. The number of amides is 1. The molecule has 0 fully saturated rings. The smallest absolute Gasteiger partial charge is 0.251 e. The van der Waals surface area contributed by atoms with Gasteiger partial charge in [-0.15, -0.1) is 0 Å². The summed E-state index contributed by atoms with van der Waals surface area (Å²) in [7, 11) is 0. The predicted molar refractivity (Wildman–Crippen MR) is 88.0 cm³/mol. The Morgan fingerprint density at radius 2 is 2.22 bits per heavy atom. The Hall–Kier alpha value is -2.82. The summed E-state index contributed by atoms with van der Waals surface area (Å²) in [5.41, 5.74) is 2.46. The number of benzene rings is 1. The molecule has 2 heterocycles.